The number of aromatic hydroxyl groups is 6. The Morgan fingerprint density at radius 3 is 1.90 bits per heavy atom. The van der Waals surface area contributed by atoms with E-state index in [1.807, 2.05) is 0 Å². The number of phenolic OH excluding ortho intramolecular Hbond substituents is 6. The SMILES string of the molecule is CCCCCCCCCCOCc1cn([C@H]2C(=O)N[C@@H]3Cc4ccc(c(Cl)c4)Oc4cc5cc(c4O)Oc4ccc(cc4Cl)[C@@H](O[C@@H]4O[C@H](CO)[C@@H](O)[C@H](O)[C@H]4NC(C)=O)[C@@H]4NC(=O)[C@H](NC(=O)[C@@H]5NC(=O)[C@@H](NC3=O)c3cc(O)cc(c3)Oc3cc2ccc3O)c2ccc(O)c(c2)-c2c(O)cc(O)cc2[C@H](C(=O)OC)NC4=O)nn1. The molecule has 8 aromatic rings. The van der Waals surface area contributed by atoms with E-state index in [1.165, 1.54) is 78.3 Å². The zero-order valence-electron chi connectivity index (χ0n) is 62.3. The Kier molecular flexibility index (Phi) is 25.0. The number of methoxy groups -OCH3 is 1. The Morgan fingerprint density at radius 1 is 0.595 bits per heavy atom. The van der Waals surface area contributed by atoms with Gasteiger partial charge in [-0.2, -0.15) is 0 Å². The Balaban J connectivity index is 0.968. The van der Waals surface area contributed by atoms with Gasteiger partial charge in [-0.25, -0.2) is 9.48 Å². The highest BCUT2D eigenvalue weighted by molar-refractivity contribution is 6.32. The minimum absolute atomic E-state index is 0.00724. The van der Waals surface area contributed by atoms with Gasteiger partial charge in [0.2, 0.25) is 47.1 Å². The topological polar surface area (TPSA) is 498 Å². The van der Waals surface area contributed by atoms with Gasteiger partial charge in [-0.05, 0) is 119 Å². The fraction of sp³-hybridized carbons (Fsp3) is 0.350. The van der Waals surface area contributed by atoms with Gasteiger partial charge in [0, 0.05) is 48.8 Å². The lowest BCUT2D eigenvalue weighted by molar-refractivity contribution is -0.284. The summed E-state index contributed by atoms with van der Waals surface area (Å²) in [5.41, 5.74) is -1.89. The Morgan fingerprint density at radius 2 is 1.22 bits per heavy atom. The van der Waals surface area contributed by atoms with Crippen molar-refractivity contribution in [3.8, 4) is 80.1 Å². The molecule has 8 heterocycles. The number of nitrogens with zero attached hydrogens (tertiary/aromatic N) is 3. The zero-order chi connectivity index (χ0) is 82.5. The van der Waals surface area contributed by atoms with Crippen LogP contribution in [0.15, 0.2) is 121 Å². The normalized spacial score (nSPS) is 23.3. The van der Waals surface area contributed by atoms with Gasteiger partial charge in [0.25, 0.3) is 0 Å². The first kappa shape index (κ1) is 82.0. The van der Waals surface area contributed by atoms with Crippen LogP contribution in [0.2, 0.25) is 10.0 Å². The lowest BCUT2D eigenvalue weighted by Crippen LogP contribution is -2.65. The first-order valence-corrected chi connectivity index (χ1v) is 37.9. The second kappa shape index (κ2) is 35.4. The van der Waals surface area contributed by atoms with Crippen molar-refractivity contribution < 1.29 is 117 Å². The molecule has 610 valence electrons. The molecule has 7 aliphatic rings. The van der Waals surface area contributed by atoms with Gasteiger partial charge in [0.05, 0.1) is 36.6 Å². The molecule has 7 amide bonds. The van der Waals surface area contributed by atoms with Crippen LogP contribution in [-0.4, -0.2) is 171 Å². The molecule has 15 rings (SSSR count). The van der Waals surface area contributed by atoms with Crippen LogP contribution in [0.25, 0.3) is 11.1 Å². The summed E-state index contributed by atoms with van der Waals surface area (Å²) in [6.07, 6.45) is -0.0679. The minimum atomic E-state index is -2.34. The minimum Gasteiger partial charge on any atom is -0.508 e. The maximum atomic E-state index is 16.4. The van der Waals surface area contributed by atoms with Gasteiger partial charge in [-0.1, -0.05) is 105 Å². The monoisotopic (exact) mass is 1640 g/mol. The number of aliphatic hydroxyl groups is 3. The van der Waals surface area contributed by atoms with E-state index < -0.39 is 213 Å². The number of hydrogen-bond donors (Lipinski definition) is 16. The number of hydrogen-bond acceptors (Lipinski definition) is 26. The number of benzene rings is 7. The summed E-state index contributed by atoms with van der Waals surface area (Å²) in [6.45, 7) is 2.64. The summed E-state index contributed by atoms with van der Waals surface area (Å²) >= 11 is 14.3. The van der Waals surface area contributed by atoms with Crippen LogP contribution in [0.3, 0.4) is 0 Å². The van der Waals surface area contributed by atoms with E-state index in [4.69, 9.17) is 56.4 Å². The molecule has 36 heteroatoms. The lowest BCUT2D eigenvalue weighted by atomic mass is 9.89. The van der Waals surface area contributed by atoms with Gasteiger partial charge in [-0.15, -0.1) is 5.10 Å². The number of nitrogens with one attached hydrogen (secondary N) is 7. The van der Waals surface area contributed by atoms with Gasteiger partial charge in [0.1, 0.15) is 107 Å². The van der Waals surface area contributed by atoms with E-state index in [-0.39, 0.29) is 62.4 Å². The van der Waals surface area contributed by atoms with E-state index in [9.17, 15) is 55.5 Å². The average molecular weight is 1640 g/mol. The summed E-state index contributed by atoms with van der Waals surface area (Å²) in [7, 11) is 0.925. The number of aliphatic hydroxyl groups excluding tert-OH is 3. The van der Waals surface area contributed by atoms with Crippen molar-refractivity contribution in [2.45, 2.75) is 157 Å². The highest BCUT2D eigenvalue weighted by Crippen LogP contribution is 2.49. The molecule has 17 bridgehead atoms. The van der Waals surface area contributed by atoms with E-state index in [1.54, 1.807) is 0 Å². The van der Waals surface area contributed by atoms with Crippen LogP contribution in [0.5, 0.6) is 69.0 Å². The molecule has 34 nitrogen and oxygen atoms in total. The maximum Gasteiger partial charge on any atom is 0.333 e. The van der Waals surface area contributed by atoms with E-state index in [0.717, 1.165) is 113 Å². The average Bonchev–Trinajstić information content (AvgIpc) is 0.820. The van der Waals surface area contributed by atoms with Gasteiger partial charge in [-0.3, -0.25) is 33.6 Å². The van der Waals surface area contributed by atoms with Crippen molar-refractivity contribution in [1.29, 1.82) is 0 Å². The second-order valence-corrected chi connectivity index (χ2v) is 29.3. The Bertz CT molecular complexity index is 5130. The quantitative estimate of drug-likeness (QED) is 0.0326. The molecule has 0 spiro atoms. The molecule has 7 aliphatic heterocycles. The highest BCUT2D eigenvalue weighted by atomic mass is 35.5. The molecule has 1 aromatic heterocycles. The number of rotatable bonds is 17. The predicted molar refractivity (Wildman–Crippen MR) is 407 cm³/mol. The molecule has 1 saturated heterocycles. The summed E-state index contributed by atoms with van der Waals surface area (Å²) < 4.78 is 44.1. The Hall–Kier alpha value is -12.0. The van der Waals surface area contributed by atoms with Crippen LogP contribution >= 0.6 is 23.2 Å². The van der Waals surface area contributed by atoms with E-state index in [0.29, 0.717) is 12.3 Å². The second-order valence-electron chi connectivity index (χ2n) is 28.5. The smallest absolute Gasteiger partial charge is 0.333 e. The number of halogens is 2. The maximum absolute atomic E-state index is 16.4. The summed E-state index contributed by atoms with van der Waals surface area (Å²) in [5.74, 6) is -16.1. The summed E-state index contributed by atoms with van der Waals surface area (Å²) in [5, 5.41) is 130. The number of amides is 7. The van der Waals surface area contributed by atoms with Gasteiger partial charge < -0.3 is 116 Å². The van der Waals surface area contributed by atoms with Crippen LogP contribution in [-0.2, 0) is 70.3 Å². The molecule has 0 aliphatic carbocycles. The first-order valence-electron chi connectivity index (χ1n) is 37.1. The summed E-state index contributed by atoms with van der Waals surface area (Å²) in [6, 6.07) is 6.02. The number of fused-ring (bicyclic) bond motifs is 14. The van der Waals surface area contributed by atoms with Crippen LogP contribution in [0.4, 0.5) is 0 Å². The van der Waals surface area contributed by atoms with Gasteiger partial charge in [0.15, 0.2) is 41.4 Å². The van der Waals surface area contributed by atoms with Crippen LogP contribution < -0.4 is 51.4 Å². The van der Waals surface area contributed by atoms with Crippen LogP contribution in [0.1, 0.15) is 146 Å². The zero-order valence-corrected chi connectivity index (χ0v) is 63.8. The van der Waals surface area contributed by atoms with Crippen molar-refractivity contribution in [3.05, 3.63) is 176 Å². The van der Waals surface area contributed by atoms with Crippen molar-refractivity contribution in [2.24, 2.45) is 0 Å². The molecule has 0 unspecified atom stereocenters. The molecule has 116 heavy (non-hydrogen) atoms. The third-order valence-corrected chi connectivity index (χ3v) is 20.9. The molecule has 13 atom stereocenters. The first-order chi connectivity index (χ1) is 55.6. The lowest BCUT2D eigenvalue weighted by Gasteiger charge is -2.44. The van der Waals surface area contributed by atoms with E-state index >= 15 is 28.8 Å². The fourth-order valence-corrected chi connectivity index (χ4v) is 14.9. The van der Waals surface area contributed by atoms with E-state index in [2.05, 4.69) is 54.5 Å². The number of ether oxygens (including phenoxy) is 7. The highest BCUT2D eigenvalue weighted by Gasteiger charge is 2.50. The Labute approximate surface area is 670 Å². The standard InChI is InChI=1S/C80H82Cl2N10O24/c1-4-5-6-7-8-9-10-11-20-111-35-43-33-92(91-90-43)68-39-14-17-53(98)57(27-39)112-46-24-41(23-44(95)30-46)63-75(105)87-64-42-28-58(113-55-18-12-37(21-49(55)81)22-51(73(103)85-63)84-78(68)108)69(100)59(29-42)114-56-19-15-40(26-50(56)82)72(116-80-66(83-36(2)94)71(102)70(101)60(34-93)115-80)67-77(107)88-65(79(109)110-3)48-31-45(96)32-54(99)61(48)47-25-38(13-16-52(47)97)62(74(104)89-67)86-76(64)106/h12-19,21,23-33,51,60,62-68,70-72,80,93,95-102H,4-11,20,22,34-35H2,1-3H3,(H,83,94)(H,84,108)(H,85,103)(H,86,106)(H,87,105)(H,88,107)(H,89,104)/t51-,60-,62-,63+,64-,65-,66-,67+,68-,70-,71-,72-,80+/m1/s1. The number of esters is 1. The number of aromatic nitrogens is 3. The van der Waals surface area contributed by atoms with Crippen molar-refractivity contribution in [3.63, 3.8) is 0 Å². The number of carbonyl (C=O) groups is 8. The molecule has 1 fully saturated rings. The predicted octanol–water partition coefficient (Wildman–Crippen LogP) is 6.88. The molecule has 0 saturated carbocycles. The molecule has 0 radical (unpaired) electrons. The molecular formula is C80H82Cl2N10O24. The van der Waals surface area contributed by atoms with Crippen molar-refractivity contribution in [2.75, 3.05) is 20.3 Å². The summed E-state index contributed by atoms with van der Waals surface area (Å²) in [4.78, 5) is 123. The fourth-order valence-electron chi connectivity index (χ4n) is 14.5. The largest absolute Gasteiger partial charge is 0.508 e. The molecule has 16 N–H and O–H groups in total. The van der Waals surface area contributed by atoms with Crippen LogP contribution in [0, 0.1) is 0 Å². The van der Waals surface area contributed by atoms with Gasteiger partial charge >= 0.3 is 5.97 Å². The van der Waals surface area contributed by atoms with Crippen molar-refractivity contribution in [1.82, 2.24) is 52.2 Å². The molecule has 7 aromatic carbocycles. The number of phenols is 6. The number of unbranched alkanes of at least 4 members (excludes halogenated alkanes) is 7. The molecular weight excluding hydrogens is 1560 g/mol. The van der Waals surface area contributed by atoms with Crippen molar-refractivity contribution >= 4 is 70.5 Å². The number of carbonyl (C=O) groups excluding carboxylic acids is 8. The third kappa shape index (κ3) is 17.9. The third-order valence-electron chi connectivity index (χ3n) is 20.3.